The Kier molecular flexibility index (Phi) is 2.12. The normalized spacial score (nSPS) is 38.2. The summed E-state index contributed by atoms with van der Waals surface area (Å²) in [6, 6.07) is 0. The van der Waals surface area contributed by atoms with Gasteiger partial charge >= 0.3 is 7.12 Å². The topological polar surface area (TPSA) is 18.5 Å². The van der Waals surface area contributed by atoms with E-state index in [1.54, 1.807) is 0 Å². The molecular weight excluding hydrogens is 199 g/mol. The fourth-order valence-electron chi connectivity index (χ4n) is 3.47. The van der Waals surface area contributed by atoms with Crippen LogP contribution in [0.4, 0.5) is 0 Å². The molecule has 0 aromatic rings. The second kappa shape index (κ2) is 3.05. The third kappa shape index (κ3) is 1.40. The summed E-state index contributed by atoms with van der Waals surface area (Å²) in [5.41, 5.74) is 0.307. The van der Waals surface area contributed by atoms with Gasteiger partial charge in [-0.1, -0.05) is 12.8 Å². The summed E-state index contributed by atoms with van der Waals surface area (Å²) in [7, 11) is 0.0584. The van der Waals surface area contributed by atoms with Crippen molar-refractivity contribution in [3.8, 4) is 0 Å². The van der Waals surface area contributed by atoms with Crippen molar-refractivity contribution in [2.45, 2.75) is 76.8 Å². The number of hydrogen-bond acceptors (Lipinski definition) is 2. The van der Waals surface area contributed by atoms with Crippen LogP contribution >= 0.6 is 0 Å². The minimum absolute atomic E-state index is 0.0584. The number of hydrogen-bond donors (Lipinski definition) is 0. The molecule has 2 aliphatic carbocycles. The summed E-state index contributed by atoms with van der Waals surface area (Å²) in [5.74, 6) is 0.677. The van der Waals surface area contributed by atoms with Gasteiger partial charge in [0.25, 0.3) is 0 Å². The lowest BCUT2D eigenvalue weighted by Crippen LogP contribution is -2.41. The van der Waals surface area contributed by atoms with E-state index in [1.807, 2.05) is 0 Å². The van der Waals surface area contributed by atoms with E-state index < -0.39 is 0 Å². The summed E-state index contributed by atoms with van der Waals surface area (Å²) in [6.07, 6.45) is 6.97. The van der Waals surface area contributed by atoms with Crippen LogP contribution in [0, 0.1) is 5.41 Å². The number of rotatable bonds is 1. The van der Waals surface area contributed by atoms with Crippen molar-refractivity contribution in [2.75, 3.05) is 0 Å². The molecule has 1 spiro atoms. The van der Waals surface area contributed by atoms with Gasteiger partial charge in [-0.15, -0.1) is 0 Å². The van der Waals surface area contributed by atoms with Crippen LogP contribution in [-0.4, -0.2) is 18.3 Å². The minimum atomic E-state index is -0.153. The maximum absolute atomic E-state index is 6.15. The van der Waals surface area contributed by atoms with E-state index in [0.717, 1.165) is 0 Å². The van der Waals surface area contributed by atoms with Gasteiger partial charge in [0.1, 0.15) is 0 Å². The highest BCUT2D eigenvalue weighted by atomic mass is 16.7. The maximum Gasteiger partial charge on any atom is 0.461 e. The van der Waals surface area contributed by atoms with E-state index >= 15 is 0 Å². The maximum atomic E-state index is 6.15. The zero-order valence-corrected chi connectivity index (χ0v) is 11.0. The summed E-state index contributed by atoms with van der Waals surface area (Å²) in [6.45, 7) is 8.60. The van der Waals surface area contributed by atoms with Crippen LogP contribution in [0.1, 0.15) is 59.8 Å². The first-order valence-corrected chi connectivity index (χ1v) is 6.72. The average molecular weight is 222 g/mol. The minimum Gasteiger partial charge on any atom is -0.403 e. The van der Waals surface area contributed by atoms with Gasteiger partial charge in [-0.25, -0.2) is 0 Å². The molecule has 0 aromatic carbocycles. The molecule has 3 heteroatoms. The highest BCUT2D eigenvalue weighted by Gasteiger charge is 2.66. The zero-order chi connectivity index (χ0) is 11.6. The smallest absolute Gasteiger partial charge is 0.403 e. The standard InChI is InChI=1S/C13H23BO2/c1-11(2)12(3,4)16-14(15-11)10-9-13(10)7-5-6-8-13/h10H,5-9H2,1-4H3. The predicted octanol–water partition coefficient (Wildman–Crippen LogP) is 3.41. The van der Waals surface area contributed by atoms with E-state index in [2.05, 4.69) is 27.7 Å². The Labute approximate surface area is 99.2 Å². The van der Waals surface area contributed by atoms with Crippen molar-refractivity contribution in [2.24, 2.45) is 5.41 Å². The van der Waals surface area contributed by atoms with Crippen LogP contribution in [0.15, 0.2) is 0 Å². The first-order chi connectivity index (χ1) is 7.36. The second-order valence-electron chi connectivity index (χ2n) is 7.00. The third-order valence-corrected chi connectivity index (χ3v) is 5.45. The molecule has 90 valence electrons. The molecular formula is C13H23BO2. The first kappa shape index (κ1) is 11.1. The average Bonchev–Trinajstić information content (AvgIpc) is 2.52. The molecule has 0 N–H and O–H groups in total. The summed E-state index contributed by atoms with van der Waals surface area (Å²) in [4.78, 5) is 0. The fraction of sp³-hybridized carbons (Fsp3) is 1.00. The van der Waals surface area contributed by atoms with Crippen LogP contribution in [-0.2, 0) is 9.31 Å². The largest absolute Gasteiger partial charge is 0.461 e. The SMILES string of the molecule is CC1(C)OB(C2CC23CCCC3)OC1(C)C. The van der Waals surface area contributed by atoms with Crippen LogP contribution in [0.3, 0.4) is 0 Å². The Bertz CT molecular complexity index is 289. The Morgan fingerprint density at radius 2 is 1.44 bits per heavy atom. The molecule has 1 saturated heterocycles. The van der Waals surface area contributed by atoms with Gasteiger partial charge in [0.15, 0.2) is 0 Å². The lowest BCUT2D eigenvalue weighted by molar-refractivity contribution is 0.00578. The lowest BCUT2D eigenvalue weighted by atomic mass is 9.76. The van der Waals surface area contributed by atoms with E-state index in [0.29, 0.717) is 11.2 Å². The highest BCUT2D eigenvalue weighted by molar-refractivity contribution is 6.49. The molecule has 0 radical (unpaired) electrons. The van der Waals surface area contributed by atoms with Crippen molar-refractivity contribution in [3.05, 3.63) is 0 Å². The van der Waals surface area contributed by atoms with Crippen LogP contribution in [0.5, 0.6) is 0 Å². The van der Waals surface area contributed by atoms with Crippen LogP contribution in [0.25, 0.3) is 0 Å². The zero-order valence-electron chi connectivity index (χ0n) is 11.0. The van der Waals surface area contributed by atoms with E-state index in [4.69, 9.17) is 9.31 Å². The van der Waals surface area contributed by atoms with Crippen molar-refractivity contribution >= 4 is 7.12 Å². The van der Waals surface area contributed by atoms with Crippen molar-refractivity contribution in [3.63, 3.8) is 0 Å². The van der Waals surface area contributed by atoms with Crippen molar-refractivity contribution in [1.29, 1.82) is 0 Å². The summed E-state index contributed by atoms with van der Waals surface area (Å²) in [5, 5.41) is 0. The third-order valence-electron chi connectivity index (χ3n) is 5.45. The molecule has 1 unspecified atom stereocenters. The van der Waals surface area contributed by atoms with Crippen molar-refractivity contribution in [1.82, 2.24) is 0 Å². The highest BCUT2D eigenvalue weighted by Crippen LogP contribution is 2.69. The molecule has 2 saturated carbocycles. The predicted molar refractivity (Wildman–Crippen MR) is 65.4 cm³/mol. The summed E-state index contributed by atoms with van der Waals surface area (Å²) >= 11 is 0. The molecule has 0 aromatic heterocycles. The molecule has 2 nitrogen and oxygen atoms in total. The van der Waals surface area contributed by atoms with Gasteiger partial charge in [0.05, 0.1) is 11.2 Å². The summed E-state index contributed by atoms with van der Waals surface area (Å²) < 4.78 is 12.3. The second-order valence-corrected chi connectivity index (χ2v) is 7.00. The fourth-order valence-corrected chi connectivity index (χ4v) is 3.47. The van der Waals surface area contributed by atoms with Gasteiger partial charge in [-0.05, 0) is 52.4 Å². The van der Waals surface area contributed by atoms with E-state index in [9.17, 15) is 0 Å². The Morgan fingerprint density at radius 1 is 0.938 bits per heavy atom. The van der Waals surface area contributed by atoms with Crippen LogP contribution in [0.2, 0.25) is 5.82 Å². The Morgan fingerprint density at radius 3 is 1.94 bits per heavy atom. The Hall–Kier alpha value is -0.0151. The quantitative estimate of drug-likeness (QED) is 0.633. The molecule has 1 atom stereocenters. The molecule has 3 rings (SSSR count). The van der Waals surface area contributed by atoms with Gasteiger partial charge in [0.2, 0.25) is 0 Å². The first-order valence-electron chi connectivity index (χ1n) is 6.72. The molecule has 1 heterocycles. The lowest BCUT2D eigenvalue weighted by Gasteiger charge is -2.32. The molecule has 0 amide bonds. The van der Waals surface area contributed by atoms with E-state index in [1.165, 1.54) is 32.1 Å². The van der Waals surface area contributed by atoms with Crippen LogP contribution < -0.4 is 0 Å². The molecule has 1 aliphatic heterocycles. The van der Waals surface area contributed by atoms with Gasteiger partial charge in [0, 0.05) is 5.82 Å². The van der Waals surface area contributed by atoms with Gasteiger partial charge < -0.3 is 9.31 Å². The molecule has 3 fully saturated rings. The molecule has 3 aliphatic rings. The van der Waals surface area contributed by atoms with E-state index in [-0.39, 0.29) is 18.3 Å². The van der Waals surface area contributed by atoms with Crippen molar-refractivity contribution < 1.29 is 9.31 Å². The Balaban J connectivity index is 1.71. The monoisotopic (exact) mass is 222 g/mol. The molecule has 0 bridgehead atoms. The molecule has 16 heavy (non-hydrogen) atoms. The van der Waals surface area contributed by atoms with Gasteiger partial charge in [-0.3, -0.25) is 0 Å². The van der Waals surface area contributed by atoms with Gasteiger partial charge in [-0.2, -0.15) is 0 Å².